The summed E-state index contributed by atoms with van der Waals surface area (Å²) in [4.78, 5) is 6.22. The molecule has 2 atom stereocenters. The molecule has 2 unspecified atom stereocenters. The Kier molecular flexibility index (Phi) is 3.78. The number of nitrogens with zero attached hydrogens (tertiary/aromatic N) is 3. The second kappa shape index (κ2) is 5.74. The molecule has 0 aliphatic carbocycles. The van der Waals surface area contributed by atoms with Gasteiger partial charge in [0.15, 0.2) is 0 Å². The molecular formula is C17H16FN3O. The Bertz CT molecular complexity index is 741. The van der Waals surface area contributed by atoms with Crippen LogP contribution < -0.4 is 4.90 Å². The predicted octanol–water partition coefficient (Wildman–Crippen LogP) is 2.71. The van der Waals surface area contributed by atoms with E-state index < -0.39 is 6.10 Å². The number of nitriles is 1. The van der Waals surface area contributed by atoms with Crippen LogP contribution in [-0.4, -0.2) is 22.7 Å². The maximum atomic E-state index is 13.5. The van der Waals surface area contributed by atoms with Crippen LogP contribution in [0.3, 0.4) is 0 Å². The van der Waals surface area contributed by atoms with Crippen molar-refractivity contribution < 1.29 is 9.50 Å². The van der Waals surface area contributed by atoms with Gasteiger partial charge in [-0.25, -0.2) is 9.37 Å². The standard InChI is InChI=1S/C17H16FN3O/c1-11-5-6-20-17(15(11)9-19)21-10-14(22)8-16(21)12-3-2-4-13(18)7-12/h2-7,14,16,22H,8,10H2,1H3. The van der Waals surface area contributed by atoms with Gasteiger partial charge in [-0.1, -0.05) is 12.1 Å². The van der Waals surface area contributed by atoms with E-state index in [4.69, 9.17) is 0 Å². The first-order chi connectivity index (χ1) is 10.6. The number of benzene rings is 1. The predicted molar refractivity (Wildman–Crippen MR) is 80.8 cm³/mol. The van der Waals surface area contributed by atoms with E-state index in [1.165, 1.54) is 12.1 Å². The van der Waals surface area contributed by atoms with Crippen molar-refractivity contribution in [1.29, 1.82) is 5.26 Å². The van der Waals surface area contributed by atoms with Crippen LogP contribution in [0.25, 0.3) is 0 Å². The first kappa shape index (κ1) is 14.5. The molecule has 1 fully saturated rings. The Morgan fingerprint density at radius 3 is 2.95 bits per heavy atom. The fourth-order valence-corrected chi connectivity index (χ4v) is 2.98. The van der Waals surface area contributed by atoms with Crippen molar-refractivity contribution in [1.82, 2.24) is 4.98 Å². The quantitative estimate of drug-likeness (QED) is 0.926. The molecule has 0 amide bonds. The van der Waals surface area contributed by atoms with E-state index in [1.807, 2.05) is 17.9 Å². The maximum absolute atomic E-state index is 13.5. The molecule has 0 spiro atoms. The van der Waals surface area contributed by atoms with Gasteiger partial charge in [0, 0.05) is 12.7 Å². The number of rotatable bonds is 2. The van der Waals surface area contributed by atoms with E-state index in [0.717, 1.165) is 11.1 Å². The Morgan fingerprint density at radius 1 is 1.41 bits per heavy atom. The fraction of sp³-hybridized carbons (Fsp3) is 0.294. The molecule has 4 nitrogen and oxygen atoms in total. The molecule has 0 radical (unpaired) electrons. The van der Waals surface area contributed by atoms with E-state index in [9.17, 15) is 14.8 Å². The van der Waals surface area contributed by atoms with Crippen LogP contribution in [0.15, 0.2) is 36.5 Å². The second-order valence-corrected chi connectivity index (χ2v) is 5.55. The van der Waals surface area contributed by atoms with Gasteiger partial charge in [-0.05, 0) is 42.7 Å². The van der Waals surface area contributed by atoms with Crippen LogP contribution in [0.1, 0.15) is 29.2 Å². The minimum atomic E-state index is -0.526. The summed E-state index contributed by atoms with van der Waals surface area (Å²) < 4.78 is 13.5. The molecule has 1 aliphatic heterocycles. The summed E-state index contributed by atoms with van der Waals surface area (Å²) in [5.74, 6) is 0.241. The number of anilines is 1. The Balaban J connectivity index is 2.06. The Labute approximate surface area is 128 Å². The van der Waals surface area contributed by atoms with E-state index >= 15 is 0 Å². The first-order valence-corrected chi connectivity index (χ1v) is 7.16. The summed E-state index contributed by atoms with van der Waals surface area (Å²) in [6.07, 6.45) is 1.62. The second-order valence-electron chi connectivity index (χ2n) is 5.55. The molecule has 2 heterocycles. The zero-order chi connectivity index (χ0) is 15.7. The van der Waals surface area contributed by atoms with Crippen molar-refractivity contribution in [3.8, 4) is 6.07 Å². The van der Waals surface area contributed by atoms with Gasteiger partial charge in [0.2, 0.25) is 0 Å². The van der Waals surface area contributed by atoms with Crippen molar-refractivity contribution in [2.24, 2.45) is 0 Å². The van der Waals surface area contributed by atoms with E-state index in [2.05, 4.69) is 11.1 Å². The third kappa shape index (κ3) is 2.53. The molecule has 1 saturated heterocycles. The average Bonchev–Trinajstić information content (AvgIpc) is 2.89. The highest BCUT2D eigenvalue weighted by molar-refractivity contribution is 5.59. The SMILES string of the molecule is Cc1ccnc(N2CC(O)CC2c2cccc(F)c2)c1C#N. The largest absolute Gasteiger partial charge is 0.391 e. The van der Waals surface area contributed by atoms with Gasteiger partial charge >= 0.3 is 0 Å². The Morgan fingerprint density at radius 2 is 2.23 bits per heavy atom. The number of aliphatic hydroxyl groups excluding tert-OH is 1. The lowest BCUT2D eigenvalue weighted by atomic mass is 10.0. The molecule has 2 aromatic rings. The zero-order valence-corrected chi connectivity index (χ0v) is 12.2. The number of aliphatic hydroxyl groups is 1. The van der Waals surface area contributed by atoms with Gasteiger partial charge in [0.1, 0.15) is 17.7 Å². The summed E-state index contributed by atoms with van der Waals surface area (Å²) in [6.45, 7) is 2.24. The molecule has 5 heteroatoms. The topological polar surface area (TPSA) is 60.1 Å². The van der Waals surface area contributed by atoms with Gasteiger partial charge in [-0.2, -0.15) is 5.26 Å². The van der Waals surface area contributed by atoms with Gasteiger partial charge < -0.3 is 10.0 Å². The van der Waals surface area contributed by atoms with Crippen LogP contribution in [0.5, 0.6) is 0 Å². The lowest BCUT2D eigenvalue weighted by Crippen LogP contribution is -2.26. The van der Waals surface area contributed by atoms with E-state index in [0.29, 0.717) is 24.3 Å². The summed E-state index contributed by atoms with van der Waals surface area (Å²) in [5, 5.41) is 19.4. The minimum absolute atomic E-state index is 0.188. The molecule has 0 bridgehead atoms. The molecular weight excluding hydrogens is 281 g/mol. The van der Waals surface area contributed by atoms with Gasteiger partial charge in [-0.15, -0.1) is 0 Å². The monoisotopic (exact) mass is 297 g/mol. The van der Waals surface area contributed by atoms with Crippen LogP contribution in [0.4, 0.5) is 10.2 Å². The van der Waals surface area contributed by atoms with Crippen molar-refractivity contribution in [3.63, 3.8) is 0 Å². The number of hydrogen-bond acceptors (Lipinski definition) is 4. The molecule has 1 N–H and O–H groups in total. The van der Waals surface area contributed by atoms with Gasteiger partial charge in [-0.3, -0.25) is 0 Å². The molecule has 112 valence electrons. The lowest BCUT2D eigenvalue weighted by molar-refractivity contribution is 0.194. The number of pyridine rings is 1. The van der Waals surface area contributed by atoms with Crippen LogP contribution in [0.2, 0.25) is 0 Å². The summed E-state index contributed by atoms with van der Waals surface area (Å²) >= 11 is 0. The number of aromatic nitrogens is 1. The molecule has 1 aromatic heterocycles. The average molecular weight is 297 g/mol. The van der Waals surface area contributed by atoms with Crippen LogP contribution in [-0.2, 0) is 0 Å². The third-order valence-corrected chi connectivity index (χ3v) is 4.04. The van der Waals surface area contributed by atoms with Crippen molar-refractivity contribution >= 4 is 5.82 Å². The molecule has 0 saturated carbocycles. The Hall–Kier alpha value is -2.45. The molecule has 3 rings (SSSR count). The summed E-state index contributed by atoms with van der Waals surface area (Å²) in [5.41, 5.74) is 2.12. The third-order valence-electron chi connectivity index (χ3n) is 4.04. The number of hydrogen-bond donors (Lipinski definition) is 1. The van der Waals surface area contributed by atoms with Crippen molar-refractivity contribution in [3.05, 3.63) is 59.0 Å². The fourth-order valence-electron chi connectivity index (χ4n) is 2.98. The molecule has 1 aromatic carbocycles. The summed E-state index contributed by atoms with van der Waals surface area (Å²) in [6, 6.07) is 10.1. The lowest BCUT2D eigenvalue weighted by Gasteiger charge is -2.27. The normalized spacial score (nSPS) is 20.9. The van der Waals surface area contributed by atoms with Gasteiger partial charge in [0.05, 0.1) is 17.7 Å². The molecule has 1 aliphatic rings. The minimum Gasteiger partial charge on any atom is -0.391 e. The van der Waals surface area contributed by atoms with Gasteiger partial charge in [0.25, 0.3) is 0 Å². The van der Waals surface area contributed by atoms with E-state index in [-0.39, 0.29) is 11.9 Å². The number of β-amino-alcohol motifs (C(OH)–C–C–N with tert-alkyl or cyclic N) is 1. The molecule has 22 heavy (non-hydrogen) atoms. The first-order valence-electron chi connectivity index (χ1n) is 7.16. The van der Waals surface area contributed by atoms with Crippen molar-refractivity contribution in [2.45, 2.75) is 25.5 Å². The van der Waals surface area contributed by atoms with Crippen molar-refractivity contribution in [2.75, 3.05) is 11.4 Å². The summed E-state index contributed by atoms with van der Waals surface area (Å²) in [7, 11) is 0. The number of aryl methyl sites for hydroxylation is 1. The van der Waals surface area contributed by atoms with E-state index in [1.54, 1.807) is 18.3 Å². The number of halogens is 1. The highest BCUT2D eigenvalue weighted by Gasteiger charge is 2.34. The zero-order valence-electron chi connectivity index (χ0n) is 12.2. The smallest absolute Gasteiger partial charge is 0.147 e. The maximum Gasteiger partial charge on any atom is 0.147 e. The van der Waals surface area contributed by atoms with Crippen LogP contribution >= 0.6 is 0 Å². The highest BCUT2D eigenvalue weighted by atomic mass is 19.1. The highest BCUT2D eigenvalue weighted by Crippen LogP contribution is 2.37. The van der Waals surface area contributed by atoms with Crippen LogP contribution in [0, 0.1) is 24.1 Å².